The lowest BCUT2D eigenvalue weighted by Gasteiger charge is -2.18. The van der Waals surface area contributed by atoms with Crippen molar-refractivity contribution in [1.82, 2.24) is 9.78 Å². The molecule has 0 aliphatic carbocycles. The van der Waals surface area contributed by atoms with Gasteiger partial charge in [-0.2, -0.15) is 5.10 Å². The highest BCUT2D eigenvalue weighted by Crippen LogP contribution is 2.18. The molecule has 0 fully saturated rings. The first-order chi connectivity index (χ1) is 9.02. The van der Waals surface area contributed by atoms with Crippen LogP contribution in [-0.2, 0) is 6.54 Å². The predicted molar refractivity (Wildman–Crippen MR) is 76.2 cm³/mol. The fraction of sp³-hybridized carbons (Fsp3) is 0.286. The predicted octanol–water partition coefficient (Wildman–Crippen LogP) is 2.07. The van der Waals surface area contributed by atoms with Crippen LogP contribution in [0.15, 0.2) is 30.3 Å². The summed E-state index contributed by atoms with van der Waals surface area (Å²) >= 11 is 0. The Balaban J connectivity index is 2.33. The normalized spacial score (nSPS) is 10.5. The molecule has 2 aromatic rings. The van der Waals surface area contributed by atoms with Crippen molar-refractivity contribution in [1.29, 1.82) is 0 Å². The first kappa shape index (κ1) is 13.1. The number of nitrogens with zero attached hydrogens (tertiary/aromatic N) is 3. The molecule has 0 aliphatic heterocycles. The minimum absolute atomic E-state index is 0.0898. The summed E-state index contributed by atoms with van der Waals surface area (Å²) in [5.41, 5.74) is 8.57. The van der Waals surface area contributed by atoms with E-state index in [9.17, 15) is 4.79 Å². The number of aromatic nitrogens is 2. The van der Waals surface area contributed by atoms with Gasteiger partial charge in [0.2, 0.25) is 0 Å². The number of amides is 1. The zero-order valence-electron chi connectivity index (χ0n) is 11.4. The Kier molecular flexibility index (Phi) is 3.55. The number of nitrogen functional groups attached to an aromatic ring is 1. The minimum Gasteiger partial charge on any atom is -0.399 e. The van der Waals surface area contributed by atoms with Crippen molar-refractivity contribution >= 4 is 17.3 Å². The molecule has 1 aromatic heterocycles. The highest BCUT2D eigenvalue weighted by molar-refractivity contribution is 6.04. The fourth-order valence-corrected chi connectivity index (χ4v) is 1.98. The Bertz CT molecular complexity index is 603. The van der Waals surface area contributed by atoms with E-state index < -0.39 is 0 Å². The van der Waals surface area contributed by atoms with E-state index in [1.807, 2.05) is 26.0 Å². The van der Waals surface area contributed by atoms with E-state index in [0.29, 0.717) is 17.9 Å². The van der Waals surface area contributed by atoms with E-state index in [1.54, 1.807) is 34.8 Å². The molecule has 1 amide bonds. The quantitative estimate of drug-likeness (QED) is 0.857. The molecule has 2 N–H and O–H groups in total. The molecule has 5 nitrogen and oxygen atoms in total. The van der Waals surface area contributed by atoms with Crippen molar-refractivity contribution in [2.45, 2.75) is 20.4 Å². The Morgan fingerprint density at radius 2 is 2.16 bits per heavy atom. The van der Waals surface area contributed by atoms with Gasteiger partial charge in [-0.3, -0.25) is 9.48 Å². The average molecular weight is 258 g/mol. The maximum atomic E-state index is 12.5. The third-order valence-corrected chi connectivity index (χ3v) is 2.98. The summed E-state index contributed by atoms with van der Waals surface area (Å²) in [6.45, 7) is 4.51. The highest BCUT2D eigenvalue weighted by Gasteiger charge is 2.18. The van der Waals surface area contributed by atoms with Crippen LogP contribution in [0.2, 0.25) is 0 Å². The number of carbonyl (C=O) groups excluding carboxylic acids is 1. The number of anilines is 2. The van der Waals surface area contributed by atoms with Crippen LogP contribution < -0.4 is 10.6 Å². The van der Waals surface area contributed by atoms with E-state index in [1.165, 1.54) is 0 Å². The number of rotatable bonds is 3. The van der Waals surface area contributed by atoms with Crippen LogP contribution in [-0.4, -0.2) is 22.7 Å². The Hall–Kier alpha value is -2.30. The van der Waals surface area contributed by atoms with Crippen LogP contribution in [0.5, 0.6) is 0 Å². The van der Waals surface area contributed by atoms with Crippen LogP contribution in [0.1, 0.15) is 23.1 Å². The molecule has 0 saturated carbocycles. The Labute approximate surface area is 112 Å². The molecule has 5 heteroatoms. The molecule has 1 heterocycles. The summed E-state index contributed by atoms with van der Waals surface area (Å²) < 4.78 is 1.71. The molecule has 2 rings (SSSR count). The van der Waals surface area contributed by atoms with Gasteiger partial charge < -0.3 is 10.6 Å². The third-order valence-electron chi connectivity index (χ3n) is 2.98. The summed E-state index contributed by atoms with van der Waals surface area (Å²) in [6.07, 6.45) is 0. The molecule has 0 aliphatic rings. The summed E-state index contributed by atoms with van der Waals surface area (Å²) in [7, 11) is 1.74. The number of hydrogen-bond donors (Lipinski definition) is 1. The number of aryl methyl sites for hydroxylation is 2. The van der Waals surface area contributed by atoms with Gasteiger partial charge in [-0.05, 0) is 38.1 Å². The van der Waals surface area contributed by atoms with Gasteiger partial charge in [0, 0.05) is 25.0 Å². The van der Waals surface area contributed by atoms with Gasteiger partial charge in [-0.15, -0.1) is 0 Å². The summed E-state index contributed by atoms with van der Waals surface area (Å²) in [4.78, 5) is 14.1. The molecule has 0 bridgehead atoms. The number of nitrogens with two attached hydrogens (primary N) is 1. The second-order valence-electron chi connectivity index (χ2n) is 4.45. The summed E-state index contributed by atoms with van der Waals surface area (Å²) in [5.74, 6) is -0.0898. The zero-order chi connectivity index (χ0) is 14.0. The SMILES string of the molecule is CCn1nc(C)cc1C(=O)N(C)c1cccc(N)c1. The maximum Gasteiger partial charge on any atom is 0.276 e. The second kappa shape index (κ2) is 5.14. The lowest BCUT2D eigenvalue weighted by molar-refractivity contribution is 0.0983. The number of hydrogen-bond acceptors (Lipinski definition) is 3. The van der Waals surface area contributed by atoms with Crippen molar-refractivity contribution in [3.63, 3.8) is 0 Å². The van der Waals surface area contributed by atoms with E-state index >= 15 is 0 Å². The zero-order valence-corrected chi connectivity index (χ0v) is 11.4. The minimum atomic E-state index is -0.0898. The van der Waals surface area contributed by atoms with Crippen molar-refractivity contribution in [2.24, 2.45) is 0 Å². The van der Waals surface area contributed by atoms with E-state index in [2.05, 4.69) is 5.10 Å². The van der Waals surface area contributed by atoms with Crippen molar-refractivity contribution in [3.05, 3.63) is 41.7 Å². The van der Waals surface area contributed by atoms with Crippen LogP contribution >= 0.6 is 0 Å². The molecule has 19 heavy (non-hydrogen) atoms. The lowest BCUT2D eigenvalue weighted by Crippen LogP contribution is -2.28. The second-order valence-corrected chi connectivity index (χ2v) is 4.45. The summed E-state index contributed by atoms with van der Waals surface area (Å²) in [6, 6.07) is 9.05. The van der Waals surface area contributed by atoms with Gasteiger partial charge in [0.1, 0.15) is 5.69 Å². The van der Waals surface area contributed by atoms with Crippen molar-refractivity contribution < 1.29 is 4.79 Å². The lowest BCUT2D eigenvalue weighted by atomic mass is 10.2. The summed E-state index contributed by atoms with van der Waals surface area (Å²) in [5, 5.41) is 4.29. The monoisotopic (exact) mass is 258 g/mol. The van der Waals surface area contributed by atoms with Crippen LogP contribution in [0.4, 0.5) is 11.4 Å². The van der Waals surface area contributed by atoms with Gasteiger partial charge >= 0.3 is 0 Å². The smallest absolute Gasteiger partial charge is 0.276 e. The van der Waals surface area contributed by atoms with Gasteiger partial charge in [0.25, 0.3) is 5.91 Å². The third kappa shape index (κ3) is 2.59. The average Bonchev–Trinajstić information content (AvgIpc) is 2.78. The largest absolute Gasteiger partial charge is 0.399 e. The molecule has 0 saturated heterocycles. The number of benzene rings is 1. The Morgan fingerprint density at radius 3 is 2.79 bits per heavy atom. The number of carbonyl (C=O) groups is 1. The van der Waals surface area contributed by atoms with Gasteiger partial charge in [-0.25, -0.2) is 0 Å². The van der Waals surface area contributed by atoms with Gasteiger partial charge in [0.05, 0.1) is 5.69 Å². The van der Waals surface area contributed by atoms with Crippen LogP contribution in [0.3, 0.4) is 0 Å². The topological polar surface area (TPSA) is 64.2 Å². The van der Waals surface area contributed by atoms with E-state index in [-0.39, 0.29) is 5.91 Å². The first-order valence-electron chi connectivity index (χ1n) is 6.21. The van der Waals surface area contributed by atoms with Gasteiger partial charge in [0.15, 0.2) is 0 Å². The highest BCUT2D eigenvalue weighted by atomic mass is 16.2. The molecule has 0 atom stereocenters. The molecular weight excluding hydrogens is 240 g/mol. The van der Waals surface area contributed by atoms with E-state index in [0.717, 1.165) is 11.4 Å². The fourth-order valence-electron chi connectivity index (χ4n) is 1.98. The van der Waals surface area contributed by atoms with Crippen LogP contribution in [0, 0.1) is 6.92 Å². The molecule has 1 aromatic carbocycles. The van der Waals surface area contributed by atoms with Crippen molar-refractivity contribution in [2.75, 3.05) is 17.7 Å². The van der Waals surface area contributed by atoms with Crippen molar-refractivity contribution in [3.8, 4) is 0 Å². The molecule has 0 spiro atoms. The molecule has 100 valence electrons. The van der Waals surface area contributed by atoms with E-state index in [4.69, 9.17) is 5.73 Å². The van der Waals surface area contributed by atoms with Crippen LogP contribution in [0.25, 0.3) is 0 Å². The molecular formula is C14H18N4O. The maximum absolute atomic E-state index is 12.5. The van der Waals surface area contributed by atoms with Gasteiger partial charge in [-0.1, -0.05) is 6.07 Å². The molecule has 0 unspecified atom stereocenters. The standard InChI is InChI=1S/C14H18N4O/c1-4-18-13(8-10(2)16-18)14(19)17(3)12-7-5-6-11(15)9-12/h5-9H,4,15H2,1-3H3. The molecule has 0 radical (unpaired) electrons. The first-order valence-corrected chi connectivity index (χ1v) is 6.21. The Morgan fingerprint density at radius 1 is 1.42 bits per heavy atom.